The van der Waals surface area contributed by atoms with E-state index in [1.54, 1.807) is 0 Å². The molecule has 0 spiro atoms. The van der Waals surface area contributed by atoms with Crippen LogP contribution in [0.5, 0.6) is 0 Å². The number of aromatic nitrogens is 1. The molecule has 2 rings (SSSR count). The fourth-order valence-corrected chi connectivity index (χ4v) is 2.07. The second kappa shape index (κ2) is 4.74. The number of hydrogen-bond acceptors (Lipinski definition) is 3. The summed E-state index contributed by atoms with van der Waals surface area (Å²) >= 11 is 4.28. The van der Waals surface area contributed by atoms with Crippen LogP contribution >= 0.6 is 12.6 Å². The van der Waals surface area contributed by atoms with Gasteiger partial charge in [-0.3, -0.25) is 0 Å². The number of nitrogens with zero attached hydrogens (tertiary/aromatic N) is 1. The first-order valence-corrected chi connectivity index (χ1v) is 6.02. The lowest BCUT2D eigenvalue weighted by atomic mass is 9.98. The predicted octanol–water partition coefficient (Wildman–Crippen LogP) is 3.89. The third kappa shape index (κ3) is 2.00. The smallest absolute Gasteiger partial charge is 0.170 e. The Hall–Kier alpha value is -1.22. The van der Waals surface area contributed by atoms with Crippen LogP contribution in [0.1, 0.15) is 31.0 Å². The van der Waals surface area contributed by atoms with Crippen LogP contribution in [0.2, 0.25) is 0 Å². The van der Waals surface area contributed by atoms with Crippen LogP contribution in [-0.2, 0) is 5.75 Å². The lowest BCUT2D eigenvalue weighted by Gasteiger charge is -2.06. The number of benzene rings is 1. The molecule has 0 radical (unpaired) electrons. The zero-order valence-electron chi connectivity index (χ0n) is 9.47. The number of rotatable bonds is 3. The average Bonchev–Trinajstić information content (AvgIpc) is 2.73. The Morgan fingerprint density at radius 3 is 2.50 bits per heavy atom. The highest BCUT2D eigenvalue weighted by atomic mass is 32.1. The quantitative estimate of drug-likeness (QED) is 0.814. The summed E-state index contributed by atoms with van der Waals surface area (Å²) in [6.45, 7) is 4.29. The Morgan fingerprint density at radius 1 is 1.25 bits per heavy atom. The van der Waals surface area contributed by atoms with Gasteiger partial charge in [0.2, 0.25) is 0 Å². The standard InChI is InChI=1S/C13H15NOS/c1-9(2)12-11(8-16)14-15-13(12)10-6-4-3-5-7-10/h3-7,9,16H,8H2,1-2H3. The molecule has 0 fully saturated rings. The van der Waals surface area contributed by atoms with E-state index in [2.05, 4.69) is 31.6 Å². The summed E-state index contributed by atoms with van der Waals surface area (Å²) in [5, 5.41) is 4.08. The highest BCUT2D eigenvalue weighted by Crippen LogP contribution is 2.32. The van der Waals surface area contributed by atoms with Gasteiger partial charge < -0.3 is 4.52 Å². The molecule has 0 atom stereocenters. The molecule has 0 aliphatic carbocycles. The van der Waals surface area contributed by atoms with Gasteiger partial charge in [0, 0.05) is 16.9 Å². The lowest BCUT2D eigenvalue weighted by Crippen LogP contribution is -1.93. The molecule has 0 bridgehead atoms. The number of hydrogen-bond donors (Lipinski definition) is 1. The molecule has 16 heavy (non-hydrogen) atoms. The van der Waals surface area contributed by atoms with Crippen LogP contribution in [0.15, 0.2) is 34.9 Å². The van der Waals surface area contributed by atoms with Gasteiger partial charge in [0.05, 0.1) is 5.69 Å². The van der Waals surface area contributed by atoms with Crippen molar-refractivity contribution in [1.29, 1.82) is 0 Å². The van der Waals surface area contributed by atoms with Crippen molar-refractivity contribution in [3.63, 3.8) is 0 Å². The maximum absolute atomic E-state index is 5.44. The van der Waals surface area contributed by atoms with Crippen molar-refractivity contribution in [2.45, 2.75) is 25.5 Å². The van der Waals surface area contributed by atoms with E-state index in [0.717, 1.165) is 17.0 Å². The molecule has 2 nitrogen and oxygen atoms in total. The molecule has 1 heterocycles. The molecule has 2 aromatic rings. The topological polar surface area (TPSA) is 26.0 Å². The SMILES string of the molecule is CC(C)c1c(CS)noc1-c1ccccc1. The van der Waals surface area contributed by atoms with E-state index >= 15 is 0 Å². The van der Waals surface area contributed by atoms with E-state index in [-0.39, 0.29) is 0 Å². The van der Waals surface area contributed by atoms with Gasteiger partial charge in [-0.1, -0.05) is 49.3 Å². The van der Waals surface area contributed by atoms with Gasteiger partial charge >= 0.3 is 0 Å². The van der Waals surface area contributed by atoms with Crippen molar-refractivity contribution in [1.82, 2.24) is 5.16 Å². The van der Waals surface area contributed by atoms with Gasteiger partial charge in [0.25, 0.3) is 0 Å². The zero-order chi connectivity index (χ0) is 11.5. The summed E-state index contributed by atoms with van der Waals surface area (Å²) in [7, 11) is 0. The number of thiol groups is 1. The Bertz CT molecular complexity index is 462. The molecule has 3 heteroatoms. The lowest BCUT2D eigenvalue weighted by molar-refractivity contribution is 0.426. The molecular weight excluding hydrogens is 218 g/mol. The molecule has 0 unspecified atom stereocenters. The molecule has 0 amide bonds. The molecule has 0 saturated carbocycles. The van der Waals surface area contributed by atoms with Crippen molar-refractivity contribution in [3.8, 4) is 11.3 Å². The van der Waals surface area contributed by atoms with E-state index in [1.807, 2.05) is 30.3 Å². The summed E-state index contributed by atoms with van der Waals surface area (Å²) < 4.78 is 5.44. The van der Waals surface area contributed by atoms with E-state index in [4.69, 9.17) is 4.52 Å². The fraction of sp³-hybridized carbons (Fsp3) is 0.308. The first-order valence-electron chi connectivity index (χ1n) is 5.38. The molecule has 1 aromatic carbocycles. The summed E-state index contributed by atoms with van der Waals surface area (Å²) in [5.41, 5.74) is 3.19. The Balaban J connectivity index is 2.53. The average molecular weight is 233 g/mol. The van der Waals surface area contributed by atoms with Crippen LogP contribution in [0.25, 0.3) is 11.3 Å². The summed E-state index contributed by atoms with van der Waals surface area (Å²) in [6, 6.07) is 10.1. The molecule has 0 aliphatic rings. The first kappa shape index (κ1) is 11.3. The van der Waals surface area contributed by atoms with Crippen LogP contribution in [0.4, 0.5) is 0 Å². The van der Waals surface area contributed by atoms with Crippen molar-refractivity contribution in [2.75, 3.05) is 0 Å². The predicted molar refractivity (Wildman–Crippen MR) is 68.7 cm³/mol. The largest absolute Gasteiger partial charge is 0.356 e. The first-order chi connectivity index (χ1) is 7.74. The Morgan fingerprint density at radius 2 is 1.94 bits per heavy atom. The van der Waals surface area contributed by atoms with Crippen molar-refractivity contribution in [3.05, 3.63) is 41.6 Å². The van der Waals surface area contributed by atoms with Gasteiger partial charge in [-0.25, -0.2) is 0 Å². The minimum absolute atomic E-state index is 0.392. The van der Waals surface area contributed by atoms with Crippen LogP contribution in [0, 0.1) is 0 Å². The van der Waals surface area contributed by atoms with Crippen molar-refractivity contribution < 1.29 is 4.52 Å². The summed E-state index contributed by atoms with van der Waals surface area (Å²) in [4.78, 5) is 0. The molecule has 1 aromatic heterocycles. The highest BCUT2D eigenvalue weighted by molar-refractivity contribution is 7.79. The maximum Gasteiger partial charge on any atom is 0.170 e. The minimum atomic E-state index is 0.392. The van der Waals surface area contributed by atoms with Gasteiger partial charge in [-0.15, -0.1) is 0 Å². The molecular formula is C13H15NOS. The zero-order valence-corrected chi connectivity index (χ0v) is 10.4. The Kier molecular flexibility index (Phi) is 3.34. The van der Waals surface area contributed by atoms with Gasteiger partial charge in [-0.05, 0) is 5.92 Å². The van der Waals surface area contributed by atoms with E-state index in [9.17, 15) is 0 Å². The second-order valence-corrected chi connectivity index (χ2v) is 4.37. The van der Waals surface area contributed by atoms with Gasteiger partial charge in [0.1, 0.15) is 0 Å². The highest BCUT2D eigenvalue weighted by Gasteiger charge is 2.18. The molecule has 0 N–H and O–H groups in total. The van der Waals surface area contributed by atoms with Crippen LogP contribution < -0.4 is 0 Å². The maximum atomic E-state index is 5.44. The minimum Gasteiger partial charge on any atom is -0.356 e. The van der Waals surface area contributed by atoms with Gasteiger partial charge in [-0.2, -0.15) is 12.6 Å². The van der Waals surface area contributed by atoms with Crippen LogP contribution in [-0.4, -0.2) is 5.16 Å². The van der Waals surface area contributed by atoms with Crippen molar-refractivity contribution >= 4 is 12.6 Å². The third-order valence-corrected chi connectivity index (χ3v) is 2.87. The van der Waals surface area contributed by atoms with E-state index in [1.165, 1.54) is 5.56 Å². The monoisotopic (exact) mass is 233 g/mol. The molecule has 84 valence electrons. The summed E-state index contributed by atoms with van der Waals surface area (Å²) in [5.74, 6) is 1.88. The molecule has 0 aliphatic heterocycles. The molecule has 0 saturated heterocycles. The van der Waals surface area contributed by atoms with E-state index < -0.39 is 0 Å². The van der Waals surface area contributed by atoms with Crippen LogP contribution in [0.3, 0.4) is 0 Å². The van der Waals surface area contributed by atoms with Crippen molar-refractivity contribution in [2.24, 2.45) is 0 Å². The third-order valence-electron chi connectivity index (χ3n) is 2.57. The fourth-order valence-electron chi connectivity index (χ4n) is 1.84. The second-order valence-electron chi connectivity index (χ2n) is 4.05. The Labute approximate surface area is 101 Å². The summed E-state index contributed by atoms with van der Waals surface area (Å²) in [6.07, 6.45) is 0. The van der Waals surface area contributed by atoms with E-state index in [0.29, 0.717) is 11.7 Å². The van der Waals surface area contributed by atoms with Gasteiger partial charge in [0.15, 0.2) is 5.76 Å². The normalized spacial score (nSPS) is 11.0.